The standard InChI is InChI=1S/C12H15N3/c1-2-4-12(14)15-9-11-6-3-5-10(7-11)8-13/h3,5-7H,2,4,9H2,1H3,(H2,14,15). The van der Waals surface area contributed by atoms with Crippen LogP contribution in [0.25, 0.3) is 0 Å². The quantitative estimate of drug-likeness (QED) is 0.599. The summed E-state index contributed by atoms with van der Waals surface area (Å²) in [4.78, 5) is 4.24. The van der Waals surface area contributed by atoms with Crippen LogP contribution in [0.1, 0.15) is 30.9 Å². The lowest BCUT2D eigenvalue weighted by atomic mass is 10.1. The molecule has 3 heteroatoms. The van der Waals surface area contributed by atoms with Gasteiger partial charge >= 0.3 is 0 Å². The average Bonchev–Trinajstić information content (AvgIpc) is 2.27. The van der Waals surface area contributed by atoms with E-state index in [4.69, 9.17) is 11.0 Å². The summed E-state index contributed by atoms with van der Waals surface area (Å²) in [5.74, 6) is 0.680. The summed E-state index contributed by atoms with van der Waals surface area (Å²) in [6, 6.07) is 9.53. The van der Waals surface area contributed by atoms with Crippen LogP contribution in [-0.2, 0) is 6.54 Å². The summed E-state index contributed by atoms with van der Waals surface area (Å²) < 4.78 is 0. The highest BCUT2D eigenvalue weighted by atomic mass is 14.8. The van der Waals surface area contributed by atoms with Gasteiger partial charge in [0.25, 0.3) is 0 Å². The number of nitriles is 1. The first-order valence-electron chi connectivity index (χ1n) is 5.04. The van der Waals surface area contributed by atoms with Gasteiger partial charge in [-0.15, -0.1) is 0 Å². The molecule has 0 atom stereocenters. The molecule has 78 valence electrons. The predicted octanol–water partition coefficient (Wildman–Crippen LogP) is 2.22. The third-order valence-corrected chi connectivity index (χ3v) is 2.03. The Kier molecular flexibility index (Phi) is 4.36. The van der Waals surface area contributed by atoms with Crippen molar-refractivity contribution in [1.82, 2.24) is 0 Å². The Labute approximate surface area is 90.2 Å². The van der Waals surface area contributed by atoms with Crippen molar-refractivity contribution in [1.29, 1.82) is 5.26 Å². The van der Waals surface area contributed by atoms with Gasteiger partial charge in [-0.1, -0.05) is 19.1 Å². The maximum Gasteiger partial charge on any atom is 0.0991 e. The van der Waals surface area contributed by atoms with E-state index in [0.717, 1.165) is 18.4 Å². The molecule has 1 aromatic carbocycles. The van der Waals surface area contributed by atoms with Gasteiger partial charge in [0.05, 0.1) is 24.0 Å². The van der Waals surface area contributed by atoms with Crippen molar-refractivity contribution >= 4 is 5.84 Å². The minimum atomic E-state index is 0.557. The van der Waals surface area contributed by atoms with E-state index < -0.39 is 0 Å². The summed E-state index contributed by atoms with van der Waals surface area (Å²) in [7, 11) is 0. The van der Waals surface area contributed by atoms with E-state index in [9.17, 15) is 0 Å². The van der Waals surface area contributed by atoms with Crippen LogP contribution >= 0.6 is 0 Å². The molecule has 0 unspecified atom stereocenters. The second-order valence-corrected chi connectivity index (χ2v) is 3.37. The largest absolute Gasteiger partial charge is 0.387 e. The van der Waals surface area contributed by atoms with E-state index in [-0.39, 0.29) is 0 Å². The molecule has 0 heterocycles. The predicted molar refractivity (Wildman–Crippen MR) is 61.4 cm³/mol. The lowest BCUT2D eigenvalue weighted by molar-refractivity contribution is 0.954. The molecule has 0 spiro atoms. The van der Waals surface area contributed by atoms with Gasteiger partial charge in [-0.2, -0.15) is 5.26 Å². The van der Waals surface area contributed by atoms with Crippen molar-refractivity contribution in [2.75, 3.05) is 0 Å². The number of hydrogen-bond donors (Lipinski definition) is 1. The molecule has 0 amide bonds. The van der Waals surface area contributed by atoms with Crippen LogP contribution in [0.15, 0.2) is 29.3 Å². The molecule has 0 fully saturated rings. The molecule has 1 aromatic rings. The first-order valence-corrected chi connectivity index (χ1v) is 5.04. The van der Waals surface area contributed by atoms with Gasteiger partial charge in [0, 0.05) is 6.42 Å². The smallest absolute Gasteiger partial charge is 0.0991 e. The molecule has 0 saturated heterocycles. The van der Waals surface area contributed by atoms with Crippen LogP contribution in [0.2, 0.25) is 0 Å². The summed E-state index contributed by atoms with van der Waals surface area (Å²) in [5, 5.41) is 8.71. The van der Waals surface area contributed by atoms with Crippen molar-refractivity contribution in [3.63, 3.8) is 0 Å². The number of rotatable bonds is 4. The fourth-order valence-corrected chi connectivity index (χ4v) is 1.27. The first kappa shape index (κ1) is 11.3. The fraction of sp³-hybridized carbons (Fsp3) is 0.333. The van der Waals surface area contributed by atoms with Gasteiger partial charge in [-0.05, 0) is 24.1 Å². The topological polar surface area (TPSA) is 62.2 Å². The molecule has 0 bridgehead atoms. The SMILES string of the molecule is CCCC(N)=NCc1cccc(C#N)c1. The Morgan fingerprint density at radius 1 is 1.53 bits per heavy atom. The maximum absolute atomic E-state index is 8.71. The molecule has 2 N–H and O–H groups in total. The number of benzene rings is 1. The number of hydrogen-bond acceptors (Lipinski definition) is 2. The van der Waals surface area contributed by atoms with Crippen molar-refractivity contribution in [3.05, 3.63) is 35.4 Å². The van der Waals surface area contributed by atoms with E-state index in [1.54, 1.807) is 6.07 Å². The summed E-state index contributed by atoms with van der Waals surface area (Å²) in [5.41, 5.74) is 7.37. The molecule has 1 rings (SSSR count). The lowest BCUT2D eigenvalue weighted by Crippen LogP contribution is -2.11. The van der Waals surface area contributed by atoms with Gasteiger partial charge < -0.3 is 5.73 Å². The van der Waals surface area contributed by atoms with E-state index in [2.05, 4.69) is 18.0 Å². The van der Waals surface area contributed by atoms with E-state index in [1.807, 2.05) is 18.2 Å². The van der Waals surface area contributed by atoms with Crippen LogP contribution in [0.3, 0.4) is 0 Å². The van der Waals surface area contributed by atoms with Crippen LogP contribution < -0.4 is 5.73 Å². The zero-order chi connectivity index (χ0) is 11.1. The molecule has 0 aromatic heterocycles. The van der Waals surface area contributed by atoms with Crippen LogP contribution in [0, 0.1) is 11.3 Å². The lowest BCUT2D eigenvalue weighted by Gasteiger charge is -1.99. The zero-order valence-electron chi connectivity index (χ0n) is 8.90. The van der Waals surface area contributed by atoms with Gasteiger partial charge in [0.15, 0.2) is 0 Å². The van der Waals surface area contributed by atoms with Crippen molar-refractivity contribution in [2.45, 2.75) is 26.3 Å². The molecule has 0 aliphatic heterocycles. The first-order chi connectivity index (χ1) is 7.26. The third kappa shape index (κ3) is 3.82. The van der Waals surface area contributed by atoms with Crippen LogP contribution in [-0.4, -0.2) is 5.84 Å². The Morgan fingerprint density at radius 2 is 2.33 bits per heavy atom. The summed E-state index contributed by atoms with van der Waals surface area (Å²) in [6.07, 6.45) is 1.84. The maximum atomic E-state index is 8.71. The molecular formula is C12H15N3. The molecule has 3 nitrogen and oxygen atoms in total. The van der Waals surface area contributed by atoms with Crippen molar-refractivity contribution < 1.29 is 0 Å². The highest BCUT2D eigenvalue weighted by molar-refractivity contribution is 5.80. The van der Waals surface area contributed by atoms with Crippen molar-refractivity contribution in [3.8, 4) is 6.07 Å². The van der Waals surface area contributed by atoms with Gasteiger partial charge in [-0.25, -0.2) is 0 Å². The Morgan fingerprint density at radius 3 is 3.00 bits per heavy atom. The minimum absolute atomic E-state index is 0.557. The molecule has 0 saturated carbocycles. The van der Waals surface area contributed by atoms with Crippen LogP contribution in [0.4, 0.5) is 0 Å². The third-order valence-electron chi connectivity index (χ3n) is 2.03. The number of amidine groups is 1. The van der Waals surface area contributed by atoms with Gasteiger partial charge in [0.2, 0.25) is 0 Å². The number of aliphatic imine (C=N–C) groups is 1. The molecule has 15 heavy (non-hydrogen) atoms. The second kappa shape index (κ2) is 5.82. The van der Waals surface area contributed by atoms with E-state index in [0.29, 0.717) is 17.9 Å². The molecule has 0 radical (unpaired) electrons. The summed E-state index contributed by atoms with van der Waals surface area (Å²) >= 11 is 0. The van der Waals surface area contributed by atoms with Crippen LogP contribution in [0.5, 0.6) is 0 Å². The molecular weight excluding hydrogens is 186 g/mol. The Bertz CT molecular complexity index is 388. The van der Waals surface area contributed by atoms with Gasteiger partial charge in [0.1, 0.15) is 0 Å². The Hall–Kier alpha value is -1.82. The summed E-state index contributed by atoms with van der Waals surface area (Å²) in [6.45, 7) is 2.63. The fourth-order valence-electron chi connectivity index (χ4n) is 1.27. The average molecular weight is 201 g/mol. The minimum Gasteiger partial charge on any atom is -0.387 e. The highest BCUT2D eigenvalue weighted by Gasteiger charge is 1.95. The second-order valence-electron chi connectivity index (χ2n) is 3.37. The number of nitrogens with zero attached hydrogens (tertiary/aromatic N) is 2. The van der Waals surface area contributed by atoms with Gasteiger partial charge in [-0.3, -0.25) is 4.99 Å². The number of nitrogens with two attached hydrogens (primary N) is 1. The van der Waals surface area contributed by atoms with E-state index in [1.165, 1.54) is 0 Å². The van der Waals surface area contributed by atoms with E-state index >= 15 is 0 Å². The highest BCUT2D eigenvalue weighted by Crippen LogP contribution is 2.05. The zero-order valence-corrected chi connectivity index (χ0v) is 8.90. The molecule has 0 aliphatic rings. The Balaban J connectivity index is 2.65. The molecule has 0 aliphatic carbocycles. The van der Waals surface area contributed by atoms with Crippen molar-refractivity contribution in [2.24, 2.45) is 10.7 Å². The normalized spacial score (nSPS) is 11.1. The monoisotopic (exact) mass is 201 g/mol.